The average Bonchev–Trinajstić information content (AvgIpc) is 3.17. The largest absolute Gasteiger partial charge is 0.360 e. The van der Waals surface area contributed by atoms with E-state index in [1.54, 1.807) is 13.8 Å². The number of aromatic nitrogens is 1. The fraction of sp³-hybridized carbons (Fsp3) is 0.583. The van der Waals surface area contributed by atoms with Gasteiger partial charge in [-0.15, -0.1) is 0 Å². The van der Waals surface area contributed by atoms with E-state index in [0.29, 0.717) is 31.6 Å². The number of piperidine rings is 1. The maximum absolute atomic E-state index is 13.2. The van der Waals surface area contributed by atoms with Gasteiger partial charge in [0.1, 0.15) is 10.6 Å². The van der Waals surface area contributed by atoms with Crippen LogP contribution >= 0.6 is 0 Å². The Balaban J connectivity index is 1.36. The zero-order valence-electron chi connectivity index (χ0n) is 19.7. The van der Waals surface area contributed by atoms with Gasteiger partial charge in [-0.25, -0.2) is 8.42 Å². The lowest BCUT2D eigenvalue weighted by atomic mass is 9.97. The second kappa shape index (κ2) is 9.95. The molecule has 180 valence electrons. The minimum absolute atomic E-state index is 0.0653. The van der Waals surface area contributed by atoms with Crippen LogP contribution in [0.1, 0.15) is 48.8 Å². The van der Waals surface area contributed by atoms with E-state index in [2.05, 4.69) is 46.6 Å². The zero-order chi connectivity index (χ0) is 23.6. The highest BCUT2D eigenvalue weighted by molar-refractivity contribution is 7.89. The molecule has 9 heteroatoms. The molecule has 1 aromatic carbocycles. The Morgan fingerprint density at radius 1 is 1.24 bits per heavy atom. The van der Waals surface area contributed by atoms with E-state index >= 15 is 0 Å². The first kappa shape index (κ1) is 23.9. The summed E-state index contributed by atoms with van der Waals surface area (Å²) in [6, 6.07) is 8.80. The molecule has 0 saturated carbocycles. The van der Waals surface area contributed by atoms with Gasteiger partial charge < -0.3 is 9.84 Å². The molecule has 2 unspecified atom stereocenters. The third-order valence-corrected chi connectivity index (χ3v) is 9.09. The average molecular weight is 475 g/mol. The van der Waals surface area contributed by atoms with Crippen LogP contribution in [-0.4, -0.2) is 60.9 Å². The van der Waals surface area contributed by atoms with Crippen molar-refractivity contribution in [2.24, 2.45) is 5.92 Å². The van der Waals surface area contributed by atoms with Gasteiger partial charge in [-0.3, -0.25) is 9.69 Å². The van der Waals surface area contributed by atoms with Crippen molar-refractivity contribution in [3.05, 3.63) is 46.8 Å². The highest BCUT2D eigenvalue weighted by Crippen LogP contribution is 2.28. The molecule has 0 bridgehead atoms. The molecule has 33 heavy (non-hydrogen) atoms. The number of carbonyl (C=O) groups excluding carboxylic acids is 1. The van der Waals surface area contributed by atoms with Crippen molar-refractivity contribution in [2.45, 2.75) is 63.9 Å². The van der Waals surface area contributed by atoms with Crippen LogP contribution in [0.3, 0.4) is 0 Å². The lowest BCUT2D eigenvalue weighted by molar-refractivity contribution is -0.126. The number of fused-ring (bicyclic) bond motifs is 1. The molecule has 4 rings (SSSR count). The molecule has 2 aliphatic heterocycles. The van der Waals surface area contributed by atoms with E-state index in [0.717, 1.165) is 25.9 Å². The first-order chi connectivity index (χ1) is 15.8. The monoisotopic (exact) mass is 474 g/mol. The Kier molecular flexibility index (Phi) is 7.21. The number of carbonyl (C=O) groups is 1. The maximum atomic E-state index is 13.2. The van der Waals surface area contributed by atoms with Crippen molar-refractivity contribution in [1.82, 2.24) is 19.7 Å². The number of hydrogen-bond donors (Lipinski definition) is 1. The Morgan fingerprint density at radius 3 is 2.70 bits per heavy atom. The SMILES string of the molecule is CCC(CNC(=O)C1CCCN(S(=O)(=O)c2c(C)noc2C)C1)N1CCc2ccccc2C1. The van der Waals surface area contributed by atoms with Gasteiger partial charge >= 0.3 is 0 Å². The molecule has 1 fully saturated rings. The number of sulfonamides is 1. The Morgan fingerprint density at radius 2 is 2.00 bits per heavy atom. The van der Waals surface area contributed by atoms with Gasteiger partial charge in [0, 0.05) is 38.8 Å². The summed E-state index contributed by atoms with van der Waals surface area (Å²) in [6.07, 6.45) is 3.31. The van der Waals surface area contributed by atoms with Crippen molar-refractivity contribution in [2.75, 3.05) is 26.2 Å². The highest BCUT2D eigenvalue weighted by Gasteiger charge is 2.36. The van der Waals surface area contributed by atoms with E-state index in [9.17, 15) is 13.2 Å². The summed E-state index contributed by atoms with van der Waals surface area (Å²) < 4.78 is 32.8. The maximum Gasteiger partial charge on any atom is 0.248 e. The van der Waals surface area contributed by atoms with Crippen LogP contribution in [0.2, 0.25) is 0 Å². The normalized spacial score (nSPS) is 20.9. The van der Waals surface area contributed by atoms with Gasteiger partial charge in [0.05, 0.1) is 5.92 Å². The summed E-state index contributed by atoms with van der Waals surface area (Å²) >= 11 is 0. The number of nitrogens with zero attached hydrogens (tertiary/aromatic N) is 3. The number of amides is 1. The first-order valence-electron chi connectivity index (χ1n) is 11.8. The zero-order valence-corrected chi connectivity index (χ0v) is 20.5. The highest BCUT2D eigenvalue weighted by atomic mass is 32.2. The minimum atomic E-state index is -3.74. The van der Waals surface area contributed by atoms with Crippen LogP contribution in [0.25, 0.3) is 0 Å². The Labute approximate surface area is 196 Å². The molecule has 1 N–H and O–H groups in total. The van der Waals surface area contributed by atoms with Crippen LogP contribution in [-0.2, 0) is 27.8 Å². The van der Waals surface area contributed by atoms with Gasteiger partial charge in [0.25, 0.3) is 0 Å². The van der Waals surface area contributed by atoms with Gasteiger partial charge in [0.15, 0.2) is 5.76 Å². The summed E-state index contributed by atoms with van der Waals surface area (Å²) in [5.41, 5.74) is 3.13. The quantitative estimate of drug-likeness (QED) is 0.663. The molecule has 8 nitrogen and oxygen atoms in total. The summed E-state index contributed by atoms with van der Waals surface area (Å²) in [6.45, 7) is 8.43. The standard InChI is InChI=1S/C24H34N4O4S/c1-4-22(27-13-11-19-8-5-6-9-20(19)15-27)14-25-24(29)21-10-7-12-28(16-21)33(30,31)23-17(2)26-32-18(23)3/h5-6,8-9,21-22H,4,7,10-16H2,1-3H3,(H,25,29). The minimum Gasteiger partial charge on any atom is -0.360 e. The molecular formula is C24H34N4O4S. The molecule has 2 aromatic rings. The van der Waals surface area contributed by atoms with Crippen LogP contribution < -0.4 is 5.32 Å². The predicted molar refractivity (Wildman–Crippen MR) is 125 cm³/mol. The van der Waals surface area contributed by atoms with Crippen LogP contribution in [0.5, 0.6) is 0 Å². The number of benzene rings is 1. The predicted octanol–water partition coefficient (Wildman–Crippen LogP) is 2.65. The lowest BCUT2D eigenvalue weighted by Crippen LogP contribution is -2.49. The van der Waals surface area contributed by atoms with E-state index in [1.807, 2.05) is 0 Å². The van der Waals surface area contributed by atoms with E-state index in [1.165, 1.54) is 15.4 Å². The molecule has 2 aliphatic rings. The third kappa shape index (κ3) is 5.00. The van der Waals surface area contributed by atoms with Crippen LogP contribution in [0.15, 0.2) is 33.7 Å². The molecule has 2 atom stereocenters. The van der Waals surface area contributed by atoms with E-state index in [-0.39, 0.29) is 35.1 Å². The van der Waals surface area contributed by atoms with E-state index in [4.69, 9.17) is 4.52 Å². The topological polar surface area (TPSA) is 95.8 Å². The summed E-state index contributed by atoms with van der Waals surface area (Å²) in [4.78, 5) is 15.6. The van der Waals surface area contributed by atoms with Crippen molar-refractivity contribution in [3.63, 3.8) is 0 Å². The molecule has 3 heterocycles. The molecular weight excluding hydrogens is 440 g/mol. The van der Waals surface area contributed by atoms with E-state index < -0.39 is 10.0 Å². The summed E-state index contributed by atoms with van der Waals surface area (Å²) in [5, 5.41) is 6.90. The number of hydrogen-bond acceptors (Lipinski definition) is 6. The third-order valence-electron chi connectivity index (χ3n) is 6.98. The molecule has 1 aromatic heterocycles. The molecule has 1 saturated heterocycles. The fourth-order valence-electron chi connectivity index (χ4n) is 5.07. The molecule has 0 aliphatic carbocycles. The van der Waals surface area contributed by atoms with Crippen LogP contribution in [0.4, 0.5) is 0 Å². The first-order valence-corrected chi connectivity index (χ1v) is 13.3. The Hall–Kier alpha value is -2.23. The van der Waals surface area contributed by atoms with Crippen molar-refractivity contribution in [3.8, 4) is 0 Å². The van der Waals surface area contributed by atoms with Crippen LogP contribution in [0, 0.1) is 19.8 Å². The number of aryl methyl sites for hydroxylation is 2. The van der Waals surface area contributed by atoms with Crippen molar-refractivity contribution >= 4 is 15.9 Å². The second-order valence-electron chi connectivity index (χ2n) is 9.15. The lowest BCUT2D eigenvalue weighted by Gasteiger charge is -2.36. The number of nitrogens with one attached hydrogen (secondary N) is 1. The van der Waals surface area contributed by atoms with Gasteiger partial charge in [0.2, 0.25) is 15.9 Å². The van der Waals surface area contributed by atoms with Gasteiger partial charge in [-0.2, -0.15) is 4.31 Å². The fourth-order valence-corrected chi connectivity index (χ4v) is 6.89. The smallest absolute Gasteiger partial charge is 0.248 e. The van der Waals surface area contributed by atoms with Crippen molar-refractivity contribution < 1.29 is 17.7 Å². The Bertz CT molecular complexity index is 1080. The van der Waals surface area contributed by atoms with Gasteiger partial charge in [-0.05, 0) is 50.7 Å². The van der Waals surface area contributed by atoms with Gasteiger partial charge in [-0.1, -0.05) is 36.3 Å². The van der Waals surface area contributed by atoms with Crippen molar-refractivity contribution in [1.29, 1.82) is 0 Å². The summed E-state index contributed by atoms with van der Waals surface area (Å²) in [5.74, 6) is -0.133. The molecule has 0 radical (unpaired) electrons. The molecule has 1 amide bonds. The molecule has 0 spiro atoms. The summed E-state index contributed by atoms with van der Waals surface area (Å²) in [7, 11) is -3.74. The number of rotatable bonds is 7. The second-order valence-corrected chi connectivity index (χ2v) is 11.0.